The topological polar surface area (TPSA) is 52.6 Å². The Morgan fingerprint density at radius 2 is 1.63 bits per heavy atom. The Morgan fingerprint density at radius 1 is 0.926 bits per heavy atom. The van der Waals surface area contributed by atoms with E-state index in [2.05, 4.69) is 0 Å². The first-order valence-corrected chi connectivity index (χ1v) is 9.29. The molecule has 27 heavy (non-hydrogen) atoms. The van der Waals surface area contributed by atoms with Gasteiger partial charge in [-0.25, -0.2) is 9.18 Å². The lowest BCUT2D eigenvalue weighted by molar-refractivity contribution is -0.144. The molecule has 0 radical (unpaired) electrons. The Morgan fingerprint density at radius 3 is 2.33 bits per heavy atom. The number of halogens is 1. The third-order valence-corrected chi connectivity index (χ3v) is 4.86. The summed E-state index contributed by atoms with van der Waals surface area (Å²) in [5.41, 5.74) is 1.78. The van der Waals surface area contributed by atoms with Crippen molar-refractivity contribution >= 4 is 11.8 Å². The Balaban J connectivity index is 1.45. The molecule has 0 aliphatic heterocycles. The van der Waals surface area contributed by atoms with Gasteiger partial charge in [-0.1, -0.05) is 55.7 Å². The fourth-order valence-corrected chi connectivity index (χ4v) is 3.35. The maximum atomic E-state index is 13.4. The minimum Gasteiger partial charge on any atom is -0.479 e. The number of benzene rings is 2. The number of Topliss-reactive ketones (excluding diaryl/α,β-unsaturated/α-hetero) is 1. The summed E-state index contributed by atoms with van der Waals surface area (Å²) in [6.07, 6.45) is 6.23. The first kappa shape index (κ1) is 19.1. The van der Waals surface area contributed by atoms with Gasteiger partial charge in [0.05, 0.1) is 0 Å². The minimum absolute atomic E-state index is 0.0286. The highest BCUT2D eigenvalue weighted by Gasteiger charge is 2.16. The smallest absolute Gasteiger partial charge is 0.344 e. The number of ether oxygens (including phenoxy) is 2. The molecule has 2 aromatic carbocycles. The quantitative estimate of drug-likeness (QED) is 0.525. The summed E-state index contributed by atoms with van der Waals surface area (Å²) in [5.74, 6) is -0.996. The van der Waals surface area contributed by atoms with Crippen LogP contribution in [0.4, 0.5) is 4.39 Å². The third-order valence-electron chi connectivity index (χ3n) is 4.86. The maximum absolute atomic E-state index is 13.4. The van der Waals surface area contributed by atoms with Crippen molar-refractivity contribution in [2.24, 2.45) is 0 Å². The van der Waals surface area contributed by atoms with Gasteiger partial charge < -0.3 is 9.47 Å². The summed E-state index contributed by atoms with van der Waals surface area (Å²) < 4.78 is 23.4. The van der Waals surface area contributed by atoms with Gasteiger partial charge >= 0.3 is 5.97 Å². The van der Waals surface area contributed by atoms with Crippen molar-refractivity contribution in [3.05, 3.63) is 65.5 Å². The van der Waals surface area contributed by atoms with Crippen LogP contribution in [0.3, 0.4) is 0 Å². The van der Waals surface area contributed by atoms with Gasteiger partial charge in [0.25, 0.3) is 0 Å². The zero-order chi connectivity index (χ0) is 19.1. The number of carbonyl (C=O) groups excluding carboxylic acids is 2. The van der Waals surface area contributed by atoms with E-state index in [9.17, 15) is 14.0 Å². The Bertz CT molecular complexity index is 779. The van der Waals surface area contributed by atoms with Crippen molar-refractivity contribution in [2.75, 3.05) is 13.2 Å². The lowest BCUT2D eigenvalue weighted by Crippen LogP contribution is -2.19. The van der Waals surface area contributed by atoms with E-state index in [-0.39, 0.29) is 18.1 Å². The van der Waals surface area contributed by atoms with Crippen LogP contribution in [0, 0.1) is 5.82 Å². The zero-order valence-corrected chi connectivity index (χ0v) is 15.2. The number of rotatable bonds is 7. The first-order chi connectivity index (χ1) is 13.1. The van der Waals surface area contributed by atoms with E-state index in [4.69, 9.17) is 9.47 Å². The van der Waals surface area contributed by atoms with Crippen molar-refractivity contribution in [1.82, 2.24) is 0 Å². The van der Waals surface area contributed by atoms with E-state index in [1.54, 1.807) is 18.2 Å². The second-order valence-electron chi connectivity index (χ2n) is 6.76. The minimum atomic E-state index is -0.717. The second-order valence-corrected chi connectivity index (χ2v) is 6.76. The average molecular weight is 370 g/mol. The van der Waals surface area contributed by atoms with Crippen LogP contribution in [0.1, 0.15) is 53.9 Å². The van der Waals surface area contributed by atoms with Crippen LogP contribution >= 0.6 is 0 Å². The molecule has 0 aromatic heterocycles. The SMILES string of the molecule is O=C(COc1ccccc1F)OCC(=O)c1ccc(C2CCCCC2)cc1. The van der Waals surface area contributed by atoms with Gasteiger partial charge in [0.1, 0.15) is 0 Å². The van der Waals surface area contributed by atoms with E-state index < -0.39 is 18.4 Å². The van der Waals surface area contributed by atoms with Crippen LogP contribution in [0.5, 0.6) is 5.75 Å². The average Bonchev–Trinajstić information content (AvgIpc) is 2.72. The molecule has 0 heterocycles. The summed E-state index contributed by atoms with van der Waals surface area (Å²) >= 11 is 0. The molecule has 2 aromatic rings. The molecule has 0 N–H and O–H groups in total. The molecule has 1 aliphatic rings. The molecule has 142 valence electrons. The van der Waals surface area contributed by atoms with E-state index in [1.807, 2.05) is 12.1 Å². The van der Waals surface area contributed by atoms with Crippen molar-refractivity contribution in [3.63, 3.8) is 0 Å². The molecule has 1 fully saturated rings. The highest BCUT2D eigenvalue weighted by Crippen LogP contribution is 2.32. The maximum Gasteiger partial charge on any atom is 0.344 e. The predicted molar refractivity (Wildman–Crippen MR) is 99.5 cm³/mol. The fourth-order valence-electron chi connectivity index (χ4n) is 3.35. The second kappa shape index (κ2) is 9.31. The number of hydrogen-bond acceptors (Lipinski definition) is 4. The van der Waals surface area contributed by atoms with Gasteiger partial charge in [-0.05, 0) is 36.5 Å². The lowest BCUT2D eigenvalue weighted by atomic mass is 9.84. The Hall–Kier alpha value is -2.69. The first-order valence-electron chi connectivity index (χ1n) is 9.29. The van der Waals surface area contributed by atoms with Crippen molar-refractivity contribution in [3.8, 4) is 5.75 Å². The van der Waals surface area contributed by atoms with Gasteiger partial charge in [0.2, 0.25) is 0 Å². The number of ketones is 1. The molecule has 0 unspecified atom stereocenters. The number of esters is 1. The molecule has 4 nitrogen and oxygen atoms in total. The fraction of sp³-hybridized carbons (Fsp3) is 0.364. The molecule has 0 bridgehead atoms. The Kier molecular flexibility index (Phi) is 6.58. The third kappa shape index (κ3) is 5.39. The molecule has 1 aliphatic carbocycles. The van der Waals surface area contributed by atoms with Gasteiger partial charge in [-0.2, -0.15) is 0 Å². The summed E-state index contributed by atoms with van der Waals surface area (Å²) in [6, 6.07) is 13.3. The van der Waals surface area contributed by atoms with Crippen LogP contribution < -0.4 is 4.74 Å². The summed E-state index contributed by atoms with van der Waals surface area (Å²) in [6.45, 7) is -0.808. The summed E-state index contributed by atoms with van der Waals surface area (Å²) in [5, 5.41) is 0. The normalized spacial score (nSPS) is 14.6. The highest BCUT2D eigenvalue weighted by molar-refractivity contribution is 5.98. The molecule has 0 atom stereocenters. The largest absolute Gasteiger partial charge is 0.479 e. The summed E-state index contributed by atoms with van der Waals surface area (Å²) in [4.78, 5) is 23.9. The molecular weight excluding hydrogens is 347 g/mol. The summed E-state index contributed by atoms with van der Waals surface area (Å²) in [7, 11) is 0. The predicted octanol–water partition coefficient (Wildman–Crippen LogP) is 4.68. The van der Waals surface area contributed by atoms with Crippen LogP contribution in [0.25, 0.3) is 0 Å². The van der Waals surface area contributed by atoms with Crippen LogP contribution in [0.2, 0.25) is 0 Å². The van der Waals surface area contributed by atoms with Gasteiger partial charge in [-0.3, -0.25) is 4.79 Å². The molecule has 5 heteroatoms. The van der Waals surface area contributed by atoms with E-state index in [0.29, 0.717) is 11.5 Å². The van der Waals surface area contributed by atoms with Crippen LogP contribution in [-0.4, -0.2) is 25.0 Å². The molecule has 0 saturated heterocycles. The van der Waals surface area contributed by atoms with Gasteiger partial charge in [-0.15, -0.1) is 0 Å². The molecule has 3 rings (SSSR count). The molecular formula is C22H23FO4. The monoisotopic (exact) mass is 370 g/mol. The highest BCUT2D eigenvalue weighted by atomic mass is 19.1. The zero-order valence-electron chi connectivity index (χ0n) is 15.2. The van der Waals surface area contributed by atoms with Crippen LogP contribution in [0.15, 0.2) is 48.5 Å². The molecule has 0 spiro atoms. The molecule has 0 amide bonds. The number of hydrogen-bond donors (Lipinski definition) is 0. The van der Waals surface area contributed by atoms with Gasteiger partial charge in [0, 0.05) is 5.56 Å². The molecule has 1 saturated carbocycles. The lowest BCUT2D eigenvalue weighted by Gasteiger charge is -2.22. The van der Waals surface area contributed by atoms with E-state index in [1.165, 1.54) is 55.9 Å². The van der Waals surface area contributed by atoms with Gasteiger partial charge in [0.15, 0.2) is 30.6 Å². The standard InChI is InChI=1S/C22H23FO4/c23-19-8-4-5-9-21(19)26-15-22(25)27-14-20(24)18-12-10-17(11-13-18)16-6-2-1-3-7-16/h4-5,8-13,16H,1-3,6-7,14-15H2. The van der Waals surface area contributed by atoms with Crippen molar-refractivity contribution < 1.29 is 23.5 Å². The van der Waals surface area contributed by atoms with E-state index >= 15 is 0 Å². The van der Waals surface area contributed by atoms with Crippen molar-refractivity contribution in [1.29, 1.82) is 0 Å². The Labute approximate surface area is 158 Å². The number of carbonyl (C=O) groups is 2. The van der Waals surface area contributed by atoms with Crippen molar-refractivity contribution in [2.45, 2.75) is 38.0 Å². The van der Waals surface area contributed by atoms with Crippen LogP contribution in [-0.2, 0) is 9.53 Å². The van der Waals surface area contributed by atoms with E-state index in [0.717, 1.165) is 0 Å². The number of para-hydroxylation sites is 1.